The van der Waals surface area contributed by atoms with E-state index in [1.165, 1.54) is 6.07 Å². The average Bonchev–Trinajstić information content (AvgIpc) is 3.10. The van der Waals surface area contributed by atoms with Gasteiger partial charge in [0.15, 0.2) is 0 Å². The molecule has 0 aliphatic carbocycles. The van der Waals surface area contributed by atoms with E-state index in [4.69, 9.17) is 5.73 Å². The fourth-order valence-electron chi connectivity index (χ4n) is 2.73. The van der Waals surface area contributed by atoms with Gasteiger partial charge in [0.05, 0.1) is 10.9 Å². The van der Waals surface area contributed by atoms with Gasteiger partial charge in [0.1, 0.15) is 0 Å². The lowest BCUT2D eigenvalue weighted by molar-refractivity contribution is 0.391. The summed E-state index contributed by atoms with van der Waals surface area (Å²) >= 11 is 3.31. The molecule has 0 radical (unpaired) electrons. The van der Waals surface area contributed by atoms with Crippen molar-refractivity contribution in [2.75, 3.05) is 12.3 Å². The zero-order valence-corrected chi connectivity index (χ0v) is 13.7. The van der Waals surface area contributed by atoms with Crippen molar-refractivity contribution in [1.29, 1.82) is 0 Å². The Morgan fingerprint density at radius 3 is 2.86 bits per heavy atom. The molecule has 0 bridgehead atoms. The van der Waals surface area contributed by atoms with Gasteiger partial charge >= 0.3 is 0 Å². The Kier molecular flexibility index (Phi) is 3.81. The highest BCUT2D eigenvalue weighted by Gasteiger charge is 2.37. The minimum Gasteiger partial charge on any atom is -0.399 e. The lowest BCUT2D eigenvalue weighted by Gasteiger charge is -2.24. The minimum absolute atomic E-state index is 0.140. The van der Waals surface area contributed by atoms with Gasteiger partial charge in [-0.05, 0) is 59.1 Å². The van der Waals surface area contributed by atoms with Gasteiger partial charge in [-0.15, -0.1) is 0 Å². The SMILES string of the molecule is Nc1ccc(Br)c(S(=O)(=O)N2CCCC2c2ccc[nH]2)c1. The Hall–Kier alpha value is -1.31. The van der Waals surface area contributed by atoms with Crippen molar-refractivity contribution in [3.05, 3.63) is 46.7 Å². The number of nitrogen functional groups attached to an aromatic ring is 1. The molecule has 2 heterocycles. The number of H-pyrrole nitrogens is 1. The van der Waals surface area contributed by atoms with Gasteiger partial charge in [-0.3, -0.25) is 0 Å². The van der Waals surface area contributed by atoms with E-state index < -0.39 is 10.0 Å². The molecule has 7 heteroatoms. The van der Waals surface area contributed by atoms with Crippen molar-refractivity contribution in [1.82, 2.24) is 9.29 Å². The Morgan fingerprint density at radius 2 is 2.14 bits per heavy atom. The first kappa shape index (κ1) is 14.6. The molecule has 5 nitrogen and oxygen atoms in total. The zero-order valence-electron chi connectivity index (χ0n) is 11.3. The van der Waals surface area contributed by atoms with Crippen LogP contribution in [0.25, 0.3) is 0 Å². The molecule has 112 valence electrons. The van der Waals surface area contributed by atoms with Crippen molar-refractivity contribution in [3.63, 3.8) is 0 Å². The van der Waals surface area contributed by atoms with Crippen molar-refractivity contribution >= 4 is 31.6 Å². The molecule has 1 unspecified atom stereocenters. The molecule has 3 rings (SSSR count). The summed E-state index contributed by atoms with van der Waals surface area (Å²) in [7, 11) is -3.58. The standard InChI is InChI=1S/C14H16BrN3O2S/c15-11-6-5-10(16)9-14(11)21(19,20)18-8-2-4-13(18)12-3-1-7-17-12/h1,3,5-7,9,13,17H,2,4,8,16H2. The molecular weight excluding hydrogens is 354 g/mol. The molecule has 1 aromatic carbocycles. The predicted octanol–water partition coefficient (Wildman–Crippen LogP) is 2.89. The molecule has 1 fully saturated rings. The zero-order chi connectivity index (χ0) is 15.0. The molecule has 0 saturated carbocycles. The van der Waals surface area contributed by atoms with Gasteiger partial charge in [-0.1, -0.05) is 0 Å². The maximum absolute atomic E-state index is 12.9. The second kappa shape index (κ2) is 5.47. The molecule has 1 aromatic heterocycles. The largest absolute Gasteiger partial charge is 0.399 e. The van der Waals surface area contributed by atoms with Crippen LogP contribution in [0.3, 0.4) is 0 Å². The van der Waals surface area contributed by atoms with E-state index in [0.29, 0.717) is 16.7 Å². The maximum Gasteiger partial charge on any atom is 0.244 e. The van der Waals surface area contributed by atoms with Gasteiger partial charge < -0.3 is 10.7 Å². The monoisotopic (exact) mass is 369 g/mol. The van der Waals surface area contributed by atoms with E-state index in [9.17, 15) is 8.42 Å². The molecule has 2 aromatic rings. The van der Waals surface area contributed by atoms with Gasteiger partial charge in [-0.2, -0.15) is 4.31 Å². The molecule has 1 aliphatic rings. The lowest BCUT2D eigenvalue weighted by atomic mass is 10.2. The van der Waals surface area contributed by atoms with Crippen LogP contribution in [0.4, 0.5) is 5.69 Å². The number of hydrogen-bond donors (Lipinski definition) is 2. The molecule has 0 spiro atoms. The number of aromatic nitrogens is 1. The van der Waals surface area contributed by atoms with Crippen LogP contribution in [-0.4, -0.2) is 24.3 Å². The number of halogens is 1. The Balaban J connectivity index is 2.03. The smallest absolute Gasteiger partial charge is 0.244 e. The van der Waals surface area contributed by atoms with Gasteiger partial charge in [0.2, 0.25) is 10.0 Å². The van der Waals surface area contributed by atoms with Crippen molar-refractivity contribution < 1.29 is 8.42 Å². The van der Waals surface area contributed by atoms with Crippen LogP contribution in [-0.2, 0) is 10.0 Å². The summed E-state index contributed by atoms with van der Waals surface area (Å²) in [6.45, 7) is 0.521. The Labute approximate surface area is 132 Å². The van der Waals surface area contributed by atoms with Crippen LogP contribution < -0.4 is 5.73 Å². The quantitative estimate of drug-likeness (QED) is 0.816. The number of aromatic amines is 1. The van der Waals surface area contributed by atoms with Crippen LogP contribution in [0.1, 0.15) is 24.6 Å². The molecular formula is C14H16BrN3O2S. The van der Waals surface area contributed by atoms with Crippen molar-refractivity contribution in [2.45, 2.75) is 23.8 Å². The number of nitrogens with two attached hydrogens (primary N) is 1. The summed E-state index contributed by atoms with van der Waals surface area (Å²) in [4.78, 5) is 3.34. The number of rotatable bonds is 3. The number of nitrogens with zero attached hydrogens (tertiary/aromatic N) is 1. The van der Waals surface area contributed by atoms with Crippen LogP contribution >= 0.6 is 15.9 Å². The van der Waals surface area contributed by atoms with Crippen LogP contribution in [0.5, 0.6) is 0 Å². The van der Waals surface area contributed by atoms with Gasteiger partial charge in [0.25, 0.3) is 0 Å². The van der Waals surface area contributed by atoms with E-state index in [-0.39, 0.29) is 10.9 Å². The summed E-state index contributed by atoms with van der Waals surface area (Å²) in [5.41, 5.74) is 7.11. The molecule has 1 aliphatic heterocycles. The van der Waals surface area contributed by atoms with Crippen LogP contribution in [0, 0.1) is 0 Å². The van der Waals surface area contributed by atoms with E-state index in [1.54, 1.807) is 16.4 Å². The predicted molar refractivity (Wildman–Crippen MR) is 85.2 cm³/mol. The number of benzene rings is 1. The molecule has 1 saturated heterocycles. The first-order chi connectivity index (χ1) is 10.00. The minimum atomic E-state index is -3.58. The number of hydrogen-bond acceptors (Lipinski definition) is 3. The molecule has 0 amide bonds. The summed E-state index contributed by atoms with van der Waals surface area (Å²) in [5.74, 6) is 0. The highest BCUT2D eigenvalue weighted by molar-refractivity contribution is 9.10. The average molecular weight is 370 g/mol. The Bertz CT molecular complexity index is 744. The van der Waals surface area contributed by atoms with E-state index in [2.05, 4.69) is 20.9 Å². The highest BCUT2D eigenvalue weighted by Crippen LogP contribution is 2.37. The number of anilines is 1. The highest BCUT2D eigenvalue weighted by atomic mass is 79.9. The summed E-state index contributed by atoms with van der Waals surface area (Å²) < 4.78 is 28.0. The Morgan fingerprint density at radius 1 is 1.33 bits per heavy atom. The first-order valence-electron chi connectivity index (χ1n) is 6.70. The van der Waals surface area contributed by atoms with Crippen LogP contribution in [0.2, 0.25) is 0 Å². The fourth-order valence-corrected chi connectivity index (χ4v) is 5.37. The van der Waals surface area contributed by atoms with E-state index in [1.807, 2.05) is 18.3 Å². The second-order valence-corrected chi connectivity index (χ2v) is 7.80. The first-order valence-corrected chi connectivity index (χ1v) is 8.93. The number of nitrogens with one attached hydrogen (secondary N) is 1. The van der Waals surface area contributed by atoms with Crippen molar-refractivity contribution in [3.8, 4) is 0 Å². The summed E-state index contributed by atoms with van der Waals surface area (Å²) in [6, 6.07) is 8.52. The number of sulfonamides is 1. The normalized spacial score (nSPS) is 20.0. The summed E-state index contributed by atoms with van der Waals surface area (Å²) in [5, 5.41) is 0. The van der Waals surface area contributed by atoms with E-state index in [0.717, 1.165) is 18.5 Å². The molecule has 1 atom stereocenters. The van der Waals surface area contributed by atoms with Crippen molar-refractivity contribution in [2.24, 2.45) is 0 Å². The van der Waals surface area contributed by atoms with Gasteiger partial charge in [-0.25, -0.2) is 8.42 Å². The molecule has 21 heavy (non-hydrogen) atoms. The third kappa shape index (κ3) is 2.61. The lowest BCUT2D eigenvalue weighted by Crippen LogP contribution is -2.31. The topological polar surface area (TPSA) is 79.2 Å². The van der Waals surface area contributed by atoms with Gasteiger partial charge in [0, 0.05) is 28.6 Å². The third-order valence-corrected chi connectivity index (χ3v) is 6.63. The fraction of sp³-hybridized carbons (Fsp3) is 0.286. The third-order valence-electron chi connectivity index (χ3n) is 3.73. The maximum atomic E-state index is 12.9. The second-order valence-electron chi connectivity index (χ2n) is 5.09. The summed E-state index contributed by atoms with van der Waals surface area (Å²) in [6.07, 6.45) is 3.48. The molecule has 3 N–H and O–H groups in total. The van der Waals surface area contributed by atoms with E-state index >= 15 is 0 Å². The van der Waals surface area contributed by atoms with Crippen LogP contribution in [0.15, 0.2) is 45.9 Å².